The second-order valence-corrected chi connectivity index (χ2v) is 3.04. The van der Waals surface area contributed by atoms with Crippen LogP contribution in [0.5, 0.6) is 0 Å². The SMILES string of the molecule is COCCOCCCNCCOCCO. The van der Waals surface area contributed by atoms with Crippen molar-refractivity contribution >= 4 is 0 Å². The molecule has 0 unspecified atom stereocenters. The number of hydrogen-bond donors (Lipinski definition) is 2. The molecular weight excluding hydrogens is 198 g/mol. The summed E-state index contributed by atoms with van der Waals surface area (Å²) in [6, 6.07) is 0. The van der Waals surface area contributed by atoms with Crippen LogP contribution in [0.25, 0.3) is 0 Å². The predicted molar refractivity (Wildman–Crippen MR) is 58.1 cm³/mol. The molecule has 0 saturated heterocycles. The fraction of sp³-hybridized carbons (Fsp3) is 1.00. The Bertz CT molecular complexity index is 102. The average molecular weight is 221 g/mol. The number of aliphatic hydroxyl groups is 1. The van der Waals surface area contributed by atoms with Crippen molar-refractivity contribution in [1.82, 2.24) is 5.32 Å². The van der Waals surface area contributed by atoms with Gasteiger partial charge in [-0.3, -0.25) is 0 Å². The molecule has 5 heteroatoms. The van der Waals surface area contributed by atoms with Gasteiger partial charge in [0.15, 0.2) is 0 Å². The van der Waals surface area contributed by atoms with Gasteiger partial charge in [-0.15, -0.1) is 0 Å². The monoisotopic (exact) mass is 221 g/mol. The van der Waals surface area contributed by atoms with Crippen molar-refractivity contribution in [3.63, 3.8) is 0 Å². The Labute approximate surface area is 91.7 Å². The minimum Gasteiger partial charge on any atom is -0.394 e. The van der Waals surface area contributed by atoms with E-state index in [2.05, 4.69) is 5.32 Å². The van der Waals surface area contributed by atoms with Crippen LogP contribution >= 0.6 is 0 Å². The molecule has 0 radical (unpaired) electrons. The van der Waals surface area contributed by atoms with Gasteiger partial charge < -0.3 is 24.6 Å². The third-order valence-corrected chi connectivity index (χ3v) is 1.73. The Morgan fingerprint density at radius 1 is 0.933 bits per heavy atom. The fourth-order valence-corrected chi connectivity index (χ4v) is 0.980. The van der Waals surface area contributed by atoms with E-state index in [9.17, 15) is 0 Å². The van der Waals surface area contributed by atoms with E-state index in [4.69, 9.17) is 19.3 Å². The van der Waals surface area contributed by atoms with Crippen LogP contribution in [0, 0.1) is 0 Å². The van der Waals surface area contributed by atoms with Crippen molar-refractivity contribution in [3.05, 3.63) is 0 Å². The fourth-order valence-electron chi connectivity index (χ4n) is 0.980. The Balaban J connectivity index is 2.81. The van der Waals surface area contributed by atoms with Crippen molar-refractivity contribution in [2.24, 2.45) is 0 Å². The summed E-state index contributed by atoms with van der Waals surface area (Å²) in [6.07, 6.45) is 0.990. The Morgan fingerprint density at radius 3 is 2.47 bits per heavy atom. The summed E-state index contributed by atoms with van der Waals surface area (Å²) in [4.78, 5) is 0. The number of methoxy groups -OCH3 is 1. The number of rotatable bonds is 12. The molecule has 0 amide bonds. The summed E-state index contributed by atoms with van der Waals surface area (Å²) in [7, 11) is 1.66. The summed E-state index contributed by atoms with van der Waals surface area (Å²) < 4.78 is 15.2. The Hall–Kier alpha value is -0.200. The molecule has 0 bridgehead atoms. The number of hydrogen-bond acceptors (Lipinski definition) is 5. The summed E-state index contributed by atoms with van der Waals surface area (Å²) in [5.74, 6) is 0. The van der Waals surface area contributed by atoms with Gasteiger partial charge in [-0.25, -0.2) is 0 Å². The maximum Gasteiger partial charge on any atom is 0.0700 e. The normalized spacial score (nSPS) is 10.8. The highest BCUT2D eigenvalue weighted by Crippen LogP contribution is 1.81. The highest BCUT2D eigenvalue weighted by atomic mass is 16.5. The summed E-state index contributed by atoms with van der Waals surface area (Å²) in [5, 5.41) is 11.7. The third kappa shape index (κ3) is 13.8. The minimum absolute atomic E-state index is 0.0906. The Kier molecular flexibility index (Phi) is 13.6. The molecule has 0 heterocycles. The zero-order valence-corrected chi connectivity index (χ0v) is 9.54. The quantitative estimate of drug-likeness (QED) is 0.441. The lowest BCUT2D eigenvalue weighted by molar-refractivity contribution is 0.0686. The first-order valence-electron chi connectivity index (χ1n) is 5.37. The van der Waals surface area contributed by atoms with E-state index in [0.29, 0.717) is 26.4 Å². The maximum absolute atomic E-state index is 8.44. The second-order valence-electron chi connectivity index (χ2n) is 3.04. The molecule has 2 N–H and O–H groups in total. The number of aliphatic hydroxyl groups excluding tert-OH is 1. The van der Waals surface area contributed by atoms with Gasteiger partial charge in [0.05, 0.1) is 33.0 Å². The molecule has 0 atom stereocenters. The molecule has 92 valence electrons. The smallest absolute Gasteiger partial charge is 0.0700 e. The van der Waals surface area contributed by atoms with Crippen LogP contribution in [0.1, 0.15) is 6.42 Å². The lowest BCUT2D eigenvalue weighted by atomic mass is 10.4. The highest BCUT2D eigenvalue weighted by Gasteiger charge is 1.90. The minimum atomic E-state index is 0.0906. The highest BCUT2D eigenvalue weighted by molar-refractivity contribution is 4.46. The Morgan fingerprint density at radius 2 is 1.73 bits per heavy atom. The van der Waals surface area contributed by atoms with Crippen LogP contribution < -0.4 is 5.32 Å². The van der Waals surface area contributed by atoms with Crippen molar-refractivity contribution in [3.8, 4) is 0 Å². The van der Waals surface area contributed by atoms with E-state index >= 15 is 0 Å². The molecule has 0 aliphatic carbocycles. The van der Waals surface area contributed by atoms with Crippen LogP contribution in [0.3, 0.4) is 0 Å². The summed E-state index contributed by atoms with van der Waals surface area (Å²) in [6.45, 7) is 4.97. The molecule has 0 aliphatic rings. The first-order chi connectivity index (χ1) is 7.41. The lowest BCUT2D eigenvalue weighted by Gasteiger charge is -2.06. The maximum atomic E-state index is 8.44. The van der Waals surface area contributed by atoms with Gasteiger partial charge in [0.2, 0.25) is 0 Å². The van der Waals surface area contributed by atoms with Gasteiger partial charge in [-0.1, -0.05) is 0 Å². The van der Waals surface area contributed by atoms with E-state index in [1.54, 1.807) is 7.11 Å². The van der Waals surface area contributed by atoms with E-state index in [0.717, 1.165) is 26.1 Å². The molecule has 15 heavy (non-hydrogen) atoms. The number of nitrogens with one attached hydrogen (secondary N) is 1. The van der Waals surface area contributed by atoms with E-state index in [1.165, 1.54) is 0 Å². The topological polar surface area (TPSA) is 60.0 Å². The summed E-state index contributed by atoms with van der Waals surface area (Å²) in [5.41, 5.74) is 0. The van der Waals surface area contributed by atoms with Crippen LogP contribution in [0.4, 0.5) is 0 Å². The van der Waals surface area contributed by atoms with E-state index in [1.807, 2.05) is 0 Å². The van der Waals surface area contributed by atoms with Gasteiger partial charge in [0, 0.05) is 20.3 Å². The molecule has 5 nitrogen and oxygen atoms in total. The zero-order chi connectivity index (χ0) is 11.2. The van der Waals surface area contributed by atoms with Crippen LogP contribution in [0.2, 0.25) is 0 Å². The van der Waals surface area contributed by atoms with E-state index < -0.39 is 0 Å². The lowest BCUT2D eigenvalue weighted by Crippen LogP contribution is -2.22. The van der Waals surface area contributed by atoms with Crippen molar-refractivity contribution in [1.29, 1.82) is 0 Å². The molecule has 0 saturated carbocycles. The van der Waals surface area contributed by atoms with Crippen molar-refractivity contribution < 1.29 is 19.3 Å². The molecule has 0 fully saturated rings. The number of ether oxygens (including phenoxy) is 3. The van der Waals surface area contributed by atoms with Crippen LogP contribution in [-0.4, -0.2) is 64.9 Å². The molecule has 0 spiro atoms. The van der Waals surface area contributed by atoms with Crippen molar-refractivity contribution in [2.75, 3.05) is 59.8 Å². The summed E-state index contributed by atoms with van der Waals surface area (Å²) >= 11 is 0. The molecule has 0 aromatic carbocycles. The standard InChI is InChI=1S/C10H23NO4/c1-13-9-10-14-6-2-3-11-4-7-15-8-5-12/h11-12H,2-10H2,1H3. The van der Waals surface area contributed by atoms with Crippen LogP contribution in [0.15, 0.2) is 0 Å². The molecule has 0 aromatic rings. The van der Waals surface area contributed by atoms with Gasteiger partial charge in [0.1, 0.15) is 0 Å². The van der Waals surface area contributed by atoms with Gasteiger partial charge >= 0.3 is 0 Å². The predicted octanol–water partition coefficient (Wildman–Crippen LogP) is -0.362. The molecule has 0 rings (SSSR count). The third-order valence-electron chi connectivity index (χ3n) is 1.73. The van der Waals surface area contributed by atoms with Gasteiger partial charge in [-0.05, 0) is 13.0 Å². The zero-order valence-electron chi connectivity index (χ0n) is 9.54. The average Bonchev–Trinajstić information content (AvgIpc) is 2.26. The van der Waals surface area contributed by atoms with Crippen LogP contribution in [-0.2, 0) is 14.2 Å². The first-order valence-corrected chi connectivity index (χ1v) is 5.37. The first kappa shape index (κ1) is 14.8. The van der Waals surface area contributed by atoms with Gasteiger partial charge in [0.25, 0.3) is 0 Å². The van der Waals surface area contributed by atoms with E-state index in [-0.39, 0.29) is 6.61 Å². The van der Waals surface area contributed by atoms with Gasteiger partial charge in [-0.2, -0.15) is 0 Å². The largest absolute Gasteiger partial charge is 0.394 e. The molecule has 0 aromatic heterocycles. The van der Waals surface area contributed by atoms with Crippen molar-refractivity contribution in [2.45, 2.75) is 6.42 Å². The molecule has 0 aliphatic heterocycles. The molecular formula is C10H23NO4. The second kappa shape index (κ2) is 13.8.